The first-order valence-corrected chi connectivity index (χ1v) is 6.61. The van der Waals surface area contributed by atoms with Crippen molar-refractivity contribution in [3.8, 4) is 5.88 Å². The maximum Gasteiger partial charge on any atom is 0.213 e. The molecule has 0 fully saturated rings. The molecule has 0 aliphatic rings. The minimum absolute atomic E-state index is 0.124. The fourth-order valence-electron chi connectivity index (χ4n) is 1.30. The lowest BCUT2D eigenvalue weighted by molar-refractivity contribution is 0.0990. The Labute approximate surface area is 111 Å². The molecule has 102 valence electrons. The van der Waals surface area contributed by atoms with Gasteiger partial charge in [-0.15, -0.1) is 0 Å². The van der Waals surface area contributed by atoms with Crippen molar-refractivity contribution in [3.05, 3.63) is 23.9 Å². The van der Waals surface area contributed by atoms with Crippen molar-refractivity contribution in [2.45, 2.75) is 65.6 Å². The normalized spacial score (nSPS) is 12.6. The van der Waals surface area contributed by atoms with Crippen LogP contribution in [0.2, 0.25) is 0 Å². The summed E-state index contributed by atoms with van der Waals surface area (Å²) in [5.41, 5.74) is 1.14. The molecule has 0 saturated heterocycles. The summed E-state index contributed by atoms with van der Waals surface area (Å²) in [6.45, 7) is 13.5. The van der Waals surface area contributed by atoms with Gasteiger partial charge in [0, 0.05) is 24.3 Å². The summed E-state index contributed by atoms with van der Waals surface area (Å²) in [6.07, 6.45) is 2.84. The quantitative estimate of drug-likeness (QED) is 0.868. The van der Waals surface area contributed by atoms with Crippen LogP contribution in [0.15, 0.2) is 18.3 Å². The number of ether oxygens (including phenoxy) is 1. The third-order valence-corrected chi connectivity index (χ3v) is 2.85. The first kappa shape index (κ1) is 15.0. The van der Waals surface area contributed by atoms with E-state index in [9.17, 15) is 0 Å². The van der Waals surface area contributed by atoms with Gasteiger partial charge in [-0.3, -0.25) is 0 Å². The Morgan fingerprint density at radius 3 is 2.28 bits per heavy atom. The smallest absolute Gasteiger partial charge is 0.213 e. The van der Waals surface area contributed by atoms with Crippen molar-refractivity contribution >= 4 is 0 Å². The van der Waals surface area contributed by atoms with Gasteiger partial charge < -0.3 is 10.1 Å². The molecule has 0 aliphatic heterocycles. The van der Waals surface area contributed by atoms with Gasteiger partial charge in [0.2, 0.25) is 5.88 Å². The molecular formula is C15H26N2O. The molecular weight excluding hydrogens is 224 g/mol. The molecule has 0 amide bonds. The Morgan fingerprint density at radius 2 is 1.83 bits per heavy atom. The van der Waals surface area contributed by atoms with E-state index in [0.29, 0.717) is 5.88 Å². The van der Waals surface area contributed by atoms with E-state index in [1.165, 1.54) is 5.56 Å². The molecule has 0 aromatic carbocycles. The van der Waals surface area contributed by atoms with E-state index in [4.69, 9.17) is 4.74 Å². The fourth-order valence-corrected chi connectivity index (χ4v) is 1.30. The second-order valence-corrected chi connectivity index (χ2v) is 6.32. The molecule has 1 N–H and O–H groups in total. The van der Waals surface area contributed by atoms with Gasteiger partial charge in [0.25, 0.3) is 0 Å². The highest BCUT2D eigenvalue weighted by atomic mass is 16.5. The summed E-state index contributed by atoms with van der Waals surface area (Å²) >= 11 is 0. The number of pyridine rings is 1. The van der Waals surface area contributed by atoms with Gasteiger partial charge in [-0.25, -0.2) is 4.98 Å². The van der Waals surface area contributed by atoms with Gasteiger partial charge in [0.15, 0.2) is 0 Å². The Kier molecular flexibility index (Phi) is 4.74. The van der Waals surface area contributed by atoms with E-state index in [2.05, 4.69) is 57.9 Å². The third-order valence-electron chi connectivity index (χ3n) is 2.85. The molecule has 0 spiro atoms. The van der Waals surface area contributed by atoms with E-state index in [1.54, 1.807) is 0 Å². The van der Waals surface area contributed by atoms with Crippen LogP contribution in [0.5, 0.6) is 5.88 Å². The largest absolute Gasteiger partial charge is 0.472 e. The number of hydrogen-bond donors (Lipinski definition) is 1. The zero-order valence-corrected chi connectivity index (χ0v) is 12.5. The van der Waals surface area contributed by atoms with E-state index in [1.807, 2.05) is 12.3 Å². The van der Waals surface area contributed by atoms with Crippen LogP contribution in [0.1, 0.15) is 53.5 Å². The molecule has 0 unspecified atom stereocenters. The highest BCUT2D eigenvalue weighted by Crippen LogP contribution is 2.18. The van der Waals surface area contributed by atoms with Crippen molar-refractivity contribution in [2.24, 2.45) is 0 Å². The Balaban J connectivity index is 2.58. The van der Waals surface area contributed by atoms with E-state index >= 15 is 0 Å². The van der Waals surface area contributed by atoms with E-state index in [0.717, 1.165) is 13.0 Å². The second-order valence-electron chi connectivity index (χ2n) is 6.32. The molecule has 0 saturated carbocycles. The SMILES string of the molecule is CCC(C)(C)Oc1ccc(CNC(C)(C)C)cn1. The Bertz CT molecular complexity index is 363. The maximum atomic E-state index is 5.82. The maximum absolute atomic E-state index is 5.82. The summed E-state index contributed by atoms with van der Waals surface area (Å²) in [7, 11) is 0. The van der Waals surface area contributed by atoms with Crippen LogP contribution in [0, 0.1) is 0 Å². The zero-order valence-electron chi connectivity index (χ0n) is 12.5. The molecule has 0 bridgehead atoms. The molecule has 3 nitrogen and oxygen atoms in total. The average Bonchev–Trinajstić information content (AvgIpc) is 2.27. The molecule has 1 aromatic rings. The van der Waals surface area contributed by atoms with Crippen molar-refractivity contribution in [1.82, 2.24) is 10.3 Å². The molecule has 1 rings (SSSR count). The van der Waals surface area contributed by atoms with Gasteiger partial charge in [-0.2, -0.15) is 0 Å². The lowest BCUT2D eigenvalue weighted by atomic mass is 10.1. The summed E-state index contributed by atoms with van der Waals surface area (Å²) < 4.78 is 5.82. The Morgan fingerprint density at radius 1 is 1.17 bits per heavy atom. The zero-order chi connectivity index (χ0) is 13.8. The average molecular weight is 250 g/mol. The van der Waals surface area contributed by atoms with Crippen LogP contribution in [0.4, 0.5) is 0 Å². The van der Waals surface area contributed by atoms with Crippen LogP contribution >= 0.6 is 0 Å². The molecule has 0 atom stereocenters. The van der Waals surface area contributed by atoms with Gasteiger partial charge in [0.1, 0.15) is 5.60 Å². The topological polar surface area (TPSA) is 34.1 Å². The lowest BCUT2D eigenvalue weighted by Gasteiger charge is -2.24. The minimum atomic E-state index is -0.155. The van der Waals surface area contributed by atoms with Crippen LogP contribution in [-0.4, -0.2) is 16.1 Å². The van der Waals surface area contributed by atoms with Crippen LogP contribution in [-0.2, 0) is 6.54 Å². The predicted octanol–water partition coefficient (Wildman–Crippen LogP) is 3.54. The van der Waals surface area contributed by atoms with Crippen molar-refractivity contribution in [1.29, 1.82) is 0 Å². The van der Waals surface area contributed by atoms with E-state index in [-0.39, 0.29) is 11.1 Å². The number of nitrogens with zero attached hydrogens (tertiary/aromatic N) is 1. The van der Waals surface area contributed by atoms with Crippen molar-refractivity contribution < 1.29 is 4.74 Å². The highest BCUT2D eigenvalue weighted by molar-refractivity contribution is 5.18. The van der Waals surface area contributed by atoms with E-state index < -0.39 is 0 Å². The monoisotopic (exact) mass is 250 g/mol. The molecule has 18 heavy (non-hydrogen) atoms. The predicted molar refractivity (Wildman–Crippen MR) is 75.8 cm³/mol. The number of hydrogen-bond acceptors (Lipinski definition) is 3. The van der Waals surface area contributed by atoms with Crippen molar-refractivity contribution in [3.63, 3.8) is 0 Å². The van der Waals surface area contributed by atoms with Crippen LogP contribution in [0.3, 0.4) is 0 Å². The molecule has 0 aliphatic carbocycles. The summed E-state index contributed by atoms with van der Waals surface area (Å²) in [4.78, 5) is 4.35. The van der Waals surface area contributed by atoms with Gasteiger partial charge in [-0.05, 0) is 46.6 Å². The molecule has 1 heterocycles. The standard InChI is InChI=1S/C15H26N2O/c1-7-15(5,6)18-13-9-8-12(10-16-13)11-17-14(2,3)4/h8-10,17H,7,11H2,1-6H3. The molecule has 3 heteroatoms. The number of rotatable bonds is 5. The summed E-state index contributed by atoms with van der Waals surface area (Å²) in [6, 6.07) is 4.00. The number of nitrogens with one attached hydrogen (secondary N) is 1. The third kappa shape index (κ3) is 5.50. The summed E-state index contributed by atoms with van der Waals surface area (Å²) in [5.74, 6) is 0.696. The number of aromatic nitrogens is 1. The first-order valence-electron chi connectivity index (χ1n) is 6.61. The summed E-state index contributed by atoms with van der Waals surface area (Å²) in [5, 5.41) is 3.44. The van der Waals surface area contributed by atoms with Gasteiger partial charge in [0.05, 0.1) is 0 Å². The van der Waals surface area contributed by atoms with Crippen LogP contribution in [0.25, 0.3) is 0 Å². The fraction of sp³-hybridized carbons (Fsp3) is 0.667. The second kappa shape index (κ2) is 5.70. The van der Waals surface area contributed by atoms with Crippen LogP contribution < -0.4 is 10.1 Å². The van der Waals surface area contributed by atoms with Gasteiger partial charge >= 0.3 is 0 Å². The van der Waals surface area contributed by atoms with Crippen molar-refractivity contribution in [2.75, 3.05) is 0 Å². The Hall–Kier alpha value is -1.09. The first-order chi connectivity index (χ1) is 8.22. The minimum Gasteiger partial charge on any atom is -0.472 e. The molecule has 1 aromatic heterocycles. The highest BCUT2D eigenvalue weighted by Gasteiger charge is 2.17. The van der Waals surface area contributed by atoms with Gasteiger partial charge in [-0.1, -0.05) is 13.0 Å². The lowest BCUT2D eigenvalue weighted by Crippen LogP contribution is -2.35. The molecule has 0 radical (unpaired) electrons.